The second-order valence-electron chi connectivity index (χ2n) is 7.06. The lowest BCUT2D eigenvalue weighted by molar-refractivity contribution is -0.132. The number of benzene rings is 2. The van der Waals surface area contributed by atoms with Crippen LogP contribution in [0, 0.1) is 0 Å². The van der Waals surface area contributed by atoms with E-state index in [1.807, 2.05) is 13.8 Å². The average Bonchev–Trinajstić information content (AvgIpc) is 3.42. The van der Waals surface area contributed by atoms with Crippen molar-refractivity contribution in [3.63, 3.8) is 0 Å². The Kier molecular flexibility index (Phi) is 6.67. The molecule has 1 saturated heterocycles. The summed E-state index contributed by atoms with van der Waals surface area (Å²) in [4.78, 5) is 31.8. The van der Waals surface area contributed by atoms with Crippen molar-refractivity contribution >= 4 is 45.5 Å². The monoisotopic (exact) mass is 484 g/mol. The van der Waals surface area contributed by atoms with E-state index in [1.165, 1.54) is 16.2 Å². The van der Waals surface area contributed by atoms with E-state index in [0.717, 1.165) is 0 Å². The summed E-state index contributed by atoms with van der Waals surface area (Å²) < 4.78 is 11.4. The predicted molar refractivity (Wildman–Crippen MR) is 127 cm³/mol. The van der Waals surface area contributed by atoms with Crippen LogP contribution in [-0.4, -0.2) is 35.0 Å². The lowest BCUT2D eigenvalue weighted by Crippen LogP contribution is -2.29. The van der Waals surface area contributed by atoms with Crippen LogP contribution in [0.2, 0.25) is 5.02 Å². The van der Waals surface area contributed by atoms with Crippen LogP contribution in [0.25, 0.3) is 5.76 Å². The van der Waals surface area contributed by atoms with Crippen molar-refractivity contribution in [2.24, 2.45) is 0 Å². The molecule has 2 aromatic carbocycles. The zero-order chi connectivity index (χ0) is 23.5. The molecule has 0 aliphatic carbocycles. The number of Topliss-reactive ketones (excluding diaryl/α,β-unsaturated/α-hetero) is 1. The number of ketones is 1. The van der Waals surface area contributed by atoms with Crippen molar-refractivity contribution in [3.8, 4) is 11.5 Å². The summed E-state index contributed by atoms with van der Waals surface area (Å²) in [6.45, 7) is 4.58. The zero-order valence-corrected chi connectivity index (χ0v) is 19.5. The number of halogens is 1. The first-order valence-electron chi connectivity index (χ1n) is 10.3. The minimum Gasteiger partial charge on any atom is -0.507 e. The maximum atomic E-state index is 13.1. The number of aliphatic hydroxyl groups excluding tert-OH is 1. The van der Waals surface area contributed by atoms with Crippen LogP contribution in [0.3, 0.4) is 0 Å². The van der Waals surface area contributed by atoms with Crippen LogP contribution < -0.4 is 14.4 Å². The van der Waals surface area contributed by atoms with Crippen LogP contribution in [-0.2, 0) is 9.59 Å². The first-order valence-corrected chi connectivity index (χ1v) is 11.6. The van der Waals surface area contributed by atoms with Crippen LogP contribution in [0.5, 0.6) is 11.5 Å². The van der Waals surface area contributed by atoms with Gasteiger partial charge in [0, 0.05) is 22.2 Å². The van der Waals surface area contributed by atoms with Gasteiger partial charge in [0.15, 0.2) is 16.6 Å². The van der Waals surface area contributed by atoms with Crippen molar-refractivity contribution in [1.29, 1.82) is 0 Å². The van der Waals surface area contributed by atoms with Gasteiger partial charge in [-0.15, -0.1) is 11.3 Å². The number of hydrogen-bond donors (Lipinski definition) is 1. The summed E-state index contributed by atoms with van der Waals surface area (Å²) >= 11 is 7.20. The van der Waals surface area contributed by atoms with E-state index in [-0.39, 0.29) is 11.3 Å². The summed E-state index contributed by atoms with van der Waals surface area (Å²) in [5.74, 6) is -0.826. The third-order valence-electron chi connectivity index (χ3n) is 5.07. The second kappa shape index (κ2) is 9.64. The molecule has 0 saturated carbocycles. The highest BCUT2D eigenvalue weighted by Crippen LogP contribution is 2.44. The third-order valence-corrected chi connectivity index (χ3v) is 6.09. The van der Waals surface area contributed by atoms with Gasteiger partial charge in [-0.25, -0.2) is 4.98 Å². The van der Waals surface area contributed by atoms with Crippen molar-refractivity contribution in [2.45, 2.75) is 19.9 Å². The largest absolute Gasteiger partial charge is 0.507 e. The number of nitrogens with zero attached hydrogens (tertiary/aromatic N) is 2. The van der Waals surface area contributed by atoms with E-state index in [9.17, 15) is 14.7 Å². The number of rotatable bonds is 7. The summed E-state index contributed by atoms with van der Waals surface area (Å²) in [5, 5.41) is 13.7. The van der Waals surface area contributed by atoms with Gasteiger partial charge in [0.25, 0.3) is 5.78 Å². The molecule has 7 nitrogen and oxygen atoms in total. The van der Waals surface area contributed by atoms with Gasteiger partial charge in [-0.3, -0.25) is 14.5 Å². The highest BCUT2D eigenvalue weighted by atomic mass is 35.5. The molecule has 1 unspecified atom stereocenters. The van der Waals surface area contributed by atoms with E-state index in [2.05, 4.69) is 4.98 Å². The molecule has 1 amide bonds. The lowest BCUT2D eigenvalue weighted by Gasteiger charge is -2.24. The molecule has 0 spiro atoms. The Hall–Kier alpha value is -3.36. The average molecular weight is 485 g/mol. The molecule has 0 radical (unpaired) electrons. The minimum absolute atomic E-state index is 0.0378. The van der Waals surface area contributed by atoms with Gasteiger partial charge >= 0.3 is 5.91 Å². The molecule has 1 fully saturated rings. The Balaban J connectivity index is 1.92. The quantitative estimate of drug-likeness (QED) is 0.281. The first kappa shape index (κ1) is 22.8. The van der Waals surface area contributed by atoms with Crippen LogP contribution in [0.1, 0.15) is 31.0 Å². The molecular formula is C24H21ClN2O5S. The number of ether oxygens (including phenoxy) is 2. The van der Waals surface area contributed by atoms with Crippen molar-refractivity contribution in [1.82, 2.24) is 4.98 Å². The molecule has 9 heteroatoms. The number of carbonyl (C=O) groups is 2. The van der Waals surface area contributed by atoms with Crippen LogP contribution >= 0.6 is 22.9 Å². The third kappa shape index (κ3) is 4.31. The molecule has 0 bridgehead atoms. The summed E-state index contributed by atoms with van der Waals surface area (Å²) in [6.07, 6.45) is 1.55. The van der Waals surface area contributed by atoms with Crippen LogP contribution in [0.4, 0.5) is 5.13 Å². The van der Waals surface area contributed by atoms with E-state index in [0.29, 0.717) is 46.0 Å². The Morgan fingerprint density at radius 2 is 1.79 bits per heavy atom. The number of carbonyl (C=O) groups excluding carboxylic acids is 2. The number of hydrogen-bond acceptors (Lipinski definition) is 7. The van der Waals surface area contributed by atoms with E-state index >= 15 is 0 Å². The molecule has 33 heavy (non-hydrogen) atoms. The maximum Gasteiger partial charge on any atom is 0.301 e. The molecule has 1 aromatic heterocycles. The normalized spacial score (nSPS) is 17.4. The number of aromatic nitrogens is 1. The maximum absolute atomic E-state index is 13.1. The van der Waals surface area contributed by atoms with Gasteiger partial charge in [0.1, 0.15) is 5.76 Å². The fourth-order valence-corrected chi connectivity index (χ4v) is 4.47. The molecule has 1 aliphatic heterocycles. The fourth-order valence-electron chi connectivity index (χ4n) is 3.68. The lowest BCUT2D eigenvalue weighted by atomic mass is 9.95. The second-order valence-corrected chi connectivity index (χ2v) is 8.37. The van der Waals surface area contributed by atoms with Crippen molar-refractivity contribution in [2.75, 3.05) is 18.1 Å². The summed E-state index contributed by atoms with van der Waals surface area (Å²) in [7, 11) is 0. The summed E-state index contributed by atoms with van der Waals surface area (Å²) in [5.41, 5.74) is 0.911. The van der Waals surface area contributed by atoms with Gasteiger partial charge < -0.3 is 14.6 Å². The Morgan fingerprint density at radius 3 is 2.42 bits per heavy atom. The molecule has 3 aromatic rings. The molecule has 1 atom stereocenters. The van der Waals surface area contributed by atoms with E-state index in [4.69, 9.17) is 21.1 Å². The van der Waals surface area contributed by atoms with Crippen molar-refractivity contribution < 1.29 is 24.2 Å². The molecule has 1 N–H and O–H groups in total. The number of amides is 1. The molecule has 1 aliphatic rings. The summed E-state index contributed by atoms with van der Waals surface area (Å²) in [6, 6.07) is 10.7. The van der Waals surface area contributed by atoms with E-state index in [1.54, 1.807) is 54.0 Å². The Labute approximate surface area is 199 Å². The van der Waals surface area contributed by atoms with Crippen molar-refractivity contribution in [3.05, 3.63) is 75.8 Å². The SMILES string of the molecule is CCOc1ccc(C2/C(=C(\O)c3ccc(Cl)cc3)C(=O)C(=O)N2c2nccs2)cc1OCC. The van der Waals surface area contributed by atoms with Gasteiger partial charge in [-0.2, -0.15) is 0 Å². The number of aliphatic hydroxyl groups is 1. The fraction of sp³-hybridized carbons (Fsp3) is 0.208. The van der Waals surface area contributed by atoms with Gasteiger partial charge in [-0.05, 0) is 55.8 Å². The molecule has 170 valence electrons. The standard InChI is InChI=1S/C24H21ClN2O5S/c1-3-31-17-10-7-15(13-18(17)32-4-2)20-19(21(28)14-5-8-16(25)9-6-14)22(29)23(30)27(20)24-26-11-12-33-24/h5-13,20,28H,3-4H2,1-2H3/b21-19+. The zero-order valence-electron chi connectivity index (χ0n) is 17.9. The Morgan fingerprint density at radius 1 is 1.09 bits per heavy atom. The predicted octanol–water partition coefficient (Wildman–Crippen LogP) is 5.22. The molecule has 2 heterocycles. The highest BCUT2D eigenvalue weighted by Gasteiger charge is 2.48. The van der Waals surface area contributed by atoms with Gasteiger partial charge in [0.05, 0.1) is 24.8 Å². The van der Waals surface area contributed by atoms with E-state index < -0.39 is 17.7 Å². The Bertz CT molecular complexity index is 1210. The van der Waals surface area contributed by atoms with Gasteiger partial charge in [0.2, 0.25) is 0 Å². The minimum atomic E-state index is -0.901. The number of anilines is 1. The smallest absolute Gasteiger partial charge is 0.301 e. The highest BCUT2D eigenvalue weighted by molar-refractivity contribution is 7.14. The molecule has 4 rings (SSSR count). The van der Waals surface area contributed by atoms with Crippen LogP contribution in [0.15, 0.2) is 59.6 Å². The first-order chi connectivity index (χ1) is 16.0. The topological polar surface area (TPSA) is 89.0 Å². The molecular weight excluding hydrogens is 464 g/mol. The number of thiazole rings is 1. The van der Waals surface area contributed by atoms with Gasteiger partial charge in [-0.1, -0.05) is 17.7 Å².